The van der Waals surface area contributed by atoms with Crippen molar-refractivity contribution in [3.8, 4) is 34.5 Å². The van der Waals surface area contributed by atoms with Crippen LogP contribution in [0.2, 0.25) is 5.02 Å². The highest BCUT2D eigenvalue weighted by molar-refractivity contribution is 6.33. The zero-order valence-corrected chi connectivity index (χ0v) is 20.6. The van der Waals surface area contributed by atoms with Crippen LogP contribution in [0.4, 0.5) is 5.95 Å². The summed E-state index contributed by atoms with van der Waals surface area (Å²) in [6.45, 7) is 2.70. The first-order valence-electron chi connectivity index (χ1n) is 10.9. The summed E-state index contributed by atoms with van der Waals surface area (Å²) in [7, 11) is 3.82. The van der Waals surface area contributed by atoms with Gasteiger partial charge >= 0.3 is 0 Å². The van der Waals surface area contributed by atoms with Gasteiger partial charge in [0.05, 0.1) is 6.20 Å². The number of amides is 1. The highest BCUT2D eigenvalue weighted by atomic mass is 35.5. The van der Waals surface area contributed by atoms with E-state index in [1.807, 2.05) is 37.2 Å². The number of nitrogens with zero attached hydrogens (tertiary/aromatic N) is 6. The average Bonchev–Trinajstić information content (AvgIpc) is 3.30. The minimum atomic E-state index is -0.403. The Morgan fingerprint density at radius 2 is 1.92 bits per heavy atom. The molecule has 0 unspecified atom stereocenters. The number of anilines is 1. The lowest BCUT2D eigenvalue weighted by molar-refractivity contribution is 0.102. The summed E-state index contributed by atoms with van der Waals surface area (Å²) in [5, 5.41) is 16.3. The van der Waals surface area contributed by atoms with Gasteiger partial charge in [-0.1, -0.05) is 41.0 Å². The summed E-state index contributed by atoms with van der Waals surface area (Å²) in [5.74, 6) is 0.689. The monoisotopic (exact) mass is 503 g/mol. The number of aryl methyl sites for hydroxylation is 1. The Morgan fingerprint density at radius 1 is 1.17 bits per heavy atom. The molecule has 2 heterocycles. The molecule has 182 valence electrons. The van der Waals surface area contributed by atoms with Crippen molar-refractivity contribution >= 4 is 23.5 Å². The van der Waals surface area contributed by atoms with Gasteiger partial charge in [0, 0.05) is 35.2 Å². The third-order valence-electron chi connectivity index (χ3n) is 5.09. The fourth-order valence-electron chi connectivity index (χ4n) is 3.22. The fraction of sp³-hybridized carbons (Fsp3) is 0.200. The van der Waals surface area contributed by atoms with E-state index in [0.29, 0.717) is 35.5 Å². The lowest BCUT2D eigenvalue weighted by Gasteiger charge is -2.12. The van der Waals surface area contributed by atoms with E-state index in [1.54, 1.807) is 37.3 Å². The van der Waals surface area contributed by atoms with E-state index in [1.165, 1.54) is 6.20 Å². The van der Waals surface area contributed by atoms with Crippen LogP contribution in [0.1, 0.15) is 21.8 Å². The van der Waals surface area contributed by atoms with Crippen LogP contribution in [0.25, 0.3) is 22.5 Å². The van der Waals surface area contributed by atoms with Crippen LogP contribution in [0.5, 0.6) is 5.88 Å². The zero-order valence-electron chi connectivity index (χ0n) is 19.8. The van der Waals surface area contributed by atoms with Gasteiger partial charge in [-0.2, -0.15) is 15.2 Å². The number of hydrogen-bond donors (Lipinski definition) is 1. The number of aromatic nitrogens is 4. The largest absolute Gasteiger partial charge is 0.475 e. The molecule has 2 aromatic carbocycles. The second-order valence-electron chi connectivity index (χ2n) is 8.04. The number of likely N-dealkylation sites (N-methyl/N-ethyl adjacent to an activating group) is 1. The summed E-state index contributed by atoms with van der Waals surface area (Å²) >= 11 is 6.50. The molecule has 0 atom stereocenters. The van der Waals surface area contributed by atoms with Crippen molar-refractivity contribution in [1.82, 2.24) is 25.0 Å². The maximum Gasteiger partial charge on any atom is 0.258 e. The van der Waals surface area contributed by atoms with Crippen LogP contribution >= 0.6 is 11.6 Å². The number of carbonyl (C=O) groups is 1. The third-order valence-corrected chi connectivity index (χ3v) is 5.40. The Morgan fingerprint density at radius 3 is 2.56 bits per heavy atom. The lowest BCUT2D eigenvalue weighted by atomic mass is 10.0. The normalized spacial score (nSPS) is 10.8. The zero-order chi connectivity index (χ0) is 25.7. The maximum absolute atomic E-state index is 12.7. The molecular weight excluding hydrogens is 482 g/mol. The van der Waals surface area contributed by atoms with Crippen molar-refractivity contribution in [2.45, 2.75) is 6.92 Å². The van der Waals surface area contributed by atoms with Gasteiger partial charge in [-0.25, -0.2) is 4.98 Å². The molecule has 1 N–H and O–H groups in total. The molecule has 0 fully saturated rings. The summed E-state index contributed by atoms with van der Waals surface area (Å²) in [4.78, 5) is 27.1. The minimum Gasteiger partial charge on any atom is -0.475 e. The predicted octanol–water partition coefficient (Wildman–Crippen LogP) is 4.22. The Hall–Kier alpha value is -4.33. The Balaban J connectivity index is 1.46. The van der Waals surface area contributed by atoms with E-state index in [0.717, 1.165) is 16.7 Å². The molecule has 0 saturated heterocycles. The van der Waals surface area contributed by atoms with Crippen molar-refractivity contribution in [3.63, 3.8) is 0 Å². The van der Waals surface area contributed by atoms with Gasteiger partial charge in [0.2, 0.25) is 23.5 Å². The molecule has 0 aliphatic heterocycles. The van der Waals surface area contributed by atoms with Crippen LogP contribution in [0.3, 0.4) is 0 Å². The van der Waals surface area contributed by atoms with E-state index in [9.17, 15) is 10.1 Å². The summed E-state index contributed by atoms with van der Waals surface area (Å²) in [6.07, 6.45) is 1.32. The quantitative estimate of drug-likeness (QED) is 0.375. The summed E-state index contributed by atoms with van der Waals surface area (Å²) in [5.41, 5.74) is 2.95. The Labute approximate surface area is 212 Å². The number of nitrogens with one attached hydrogen (secondary N) is 1. The van der Waals surface area contributed by atoms with Crippen LogP contribution in [0, 0.1) is 18.3 Å². The van der Waals surface area contributed by atoms with Crippen LogP contribution < -0.4 is 10.1 Å². The SMILES string of the molecule is Cc1nc(-c2ccc(-c3ccc(C(=O)Nc4ncc(C#N)c(OCCN(C)C)n4)cc3)c(Cl)c2)no1. The topological polar surface area (TPSA) is 130 Å². The van der Waals surface area contributed by atoms with E-state index in [2.05, 4.69) is 25.4 Å². The lowest BCUT2D eigenvalue weighted by Crippen LogP contribution is -2.20. The second-order valence-corrected chi connectivity index (χ2v) is 8.45. The number of halogens is 1. The van der Waals surface area contributed by atoms with Gasteiger partial charge in [-0.15, -0.1) is 0 Å². The van der Waals surface area contributed by atoms with Crippen LogP contribution in [0.15, 0.2) is 53.2 Å². The highest BCUT2D eigenvalue weighted by Crippen LogP contribution is 2.31. The van der Waals surface area contributed by atoms with Gasteiger partial charge in [0.15, 0.2) is 0 Å². The maximum atomic E-state index is 12.7. The first-order chi connectivity index (χ1) is 17.3. The minimum absolute atomic E-state index is 0.0401. The van der Waals surface area contributed by atoms with Crippen molar-refractivity contribution in [3.05, 3.63) is 70.7 Å². The Kier molecular flexibility index (Phi) is 7.53. The first kappa shape index (κ1) is 24.8. The number of nitriles is 1. The predicted molar refractivity (Wildman–Crippen MR) is 134 cm³/mol. The Bertz CT molecular complexity index is 1430. The molecular formula is C25H22ClN7O3. The number of ether oxygens (including phenoxy) is 1. The third kappa shape index (κ3) is 5.83. The standard InChI is InChI=1S/C25H22ClN7O3/c1-15-29-22(32-36-15)18-8-9-20(21(26)12-18)16-4-6-17(7-5-16)23(34)30-25-28-14-19(13-27)24(31-25)35-11-10-33(2)3/h4-9,12,14H,10-11H2,1-3H3,(H,28,30,31,34). The molecule has 4 aromatic rings. The molecule has 10 nitrogen and oxygen atoms in total. The van der Waals surface area contributed by atoms with E-state index >= 15 is 0 Å². The summed E-state index contributed by atoms with van der Waals surface area (Å²) < 4.78 is 10.6. The van der Waals surface area contributed by atoms with Crippen molar-refractivity contribution < 1.29 is 14.1 Å². The fourth-order valence-corrected chi connectivity index (χ4v) is 3.51. The van der Waals surface area contributed by atoms with Gasteiger partial charge in [0.25, 0.3) is 5.91 Å². The molecule has 0 bridgehead atoms. The van der Waals surface area contributed by atoms with Crippen molar-refractivity contribution in [1.29, 1.82) is 5.26 Å². The van der Waals surface area contributed by atoms with Gasteiger partial charge in [0.1, 0.15) is 18.2 Å². The van der Waals surface area contributed by atoms with Gasteiger partial charge in [-0.05, 0) is 37.9 Å². The molecule has 2 aromatic heterocycles. The second kappa shape index (κ2) is 10.9. The molecule has 0 saturated carbocycles. The van der Waals surface area contributed by atoms with E-state index in [-0.39, 0.29) is 17.4 Å². The number of carbonyl (C=O) groups excluding carboxylic acids is 1. The van der Waals surface area contributed by atoms with Gasteiger partial charge in [-0.3, -0.25) is 10.1 Å². The molecule has 0 aliphatic rings. The van der Waals surface area contributed by atoms with Crippen molar-refractivity contribution in [2.24, 2.45) is 0 Å². The molecule has 11 heteroatoms. The van der Waals surface area contributed by atoms with Gasteiger partial charge < -0.3 is 14.2 Å². The number of benzene rings is 2. The van der Waals surface area contributed by atoms with E-state index in [4.69, 9.17) is 20.9 Å². The molecule has 0 radical (unpaired) electrons. The molecule has 0 aliphatic carbocycles. The molecule has 0 spiro atoms. The molecule has 36 heavy (non-hydrogen) atoms. The smallest absolute Gasteiger partial charge is 0.258 e. The number of hydrogen-bond acceptors (Lipinski definition) is 9. The molecule has 1 amide bonds. The van der Waals surface area contributed by atoms with E-state index < -0.39 is 5.91 Å². The average molecular weight is 504 g/mol. The van der Waals surface area contributed by atoms with Crippen molar-refractivity contribution in [2.75, 3.05) is 32.6 Å². The number of rotatable bonds is 8. The molecule has 4 rings (SSSR count). The first-order valence-corrected chi connectivity index (χ1v) is 11.3. The van der Waals surface area contributed by atoms with Crippen LogP contribution in [-0.4, -0.2) is 58.2 Å². The van der Waals surface area contributed by atoms with Crippen LogP contribution in [-0.2, 0) is 0 Å². The summed E-state index contributed by atoms with van der Waals surface area (Å²) in [6, 6.07) is 14.4. The highest BCUT2D eigenvalue weighted by Gasteiger charge is 2.14.